The smallest absolute Gasteiger partial charge is 0.170 e. The van der Waals surface area contributed by atoms with Gasteiger partial charge in [0.15, 0.2) is 5.76 Å². The standard InChI is InChI=1S/C14H11N3O/c1-10-7-13(18-17-10)12-8-15-9-16-14(12)11-5-3-2-4-6-11/h2-9H,1H3. The molecule has 0 aliphatic rings. The number of benzene rings is 1. The number of hydrogen-bond acceptors (Lipinski definition) is 4. The summed E-state index contributed by atoms with van der Waals surface area (Å²) in [4.78, 5) is 8.39. The normalized spacial score (nSPS) is 10.5. The molecule has 3 aromatic rings. The van der Waals surface area contributed by atoms with Gasteiger partial charge in [-0.15, -0.1) is 0 Å². The van der Waals surface area contributed by atoms with Gasteiger partial charge in [0.1, 0.15) is 6.33 Å². The lowest BCUT2D eigenvalue weighted by atomic mass is 10.1. The molecule has 2 aromatic heterocycles. The van der Waals surface area contributed by atoms with Crippen LogP contribution in [0.1, 0.15) is 5.69 Å². The molecule has 0 aliphatic carbocycles. The van der Waals surface area contributed by atoms with E-state index in [1.165, 1.54) is 6.33 Å². The van der Waals surface area contributed by atoms with Gasteiger partial charge < -0.3 is 4.52 Å². The molecule has 4 heteroatoms. The molecule has 2 heterocycles. The van der Waals surface area contributed by atoms with Crippen molar-refractivity contribution in [3.63, 3.8) is 0 Å². The average Bonchev–Trinajstić information content (AvgIpc) is 2.86. The van der Waals surface area contributed by atoms with Crippen LogP contribution in [0.3, 0.4) is 0 Å². The molecule has 0 bridgehead atoms. The Bertz CT molecular complexity index is 662. The zero-order chi connectivity index (χ0) is 12.4. The second-order valence-electron chi connectivity index (χ2n) is 3.98. The van der Waals surface area contributed by atoms with Crippen LogP contribution in [0.5, 0.6) is 0 Å². The summed E-state index contributed by atoms with van der Waals surface area (Å²) in [7, 11) is 0. The van der Waals surface area contributed by atoms with Gasteiger partial charge >= 0.3 is 0 Å². The first-order valence-corrected chi connectivity index (χ1v) is 5.64. The van der Waals surface area contributed by atoms with Crippen molar-refractivity contribution in [2.24, 2.45) is 0 Å². The highest BCUT2D eigenvalue weighted by molar-refractivity contribution is 5.77. The van der Waals surface area contributed by atoms with E-state index in [-0.39, 0.29) is 0 Å². The minimum atomic E-state index is 0.687. The van der Waals surface area contributed by atoms with Crippen molar-refractivity contribution >= 4 is 0 Å². The van der Waals surface area contributed by atoms with Crippen molar-refractivity contribution in [2.75, 3.05) is 0 Å². The molecular formula is C14H11N3O. The van der Waals surface area contributed by atoms with Gasteiger partial charge in [-0.1, -0.05) is 35.5 Å². The predicted molar refractivity (Wildman–Crippen MR) is 67.7 cm³/mol. The van der Waals surface area contributed by atoms with E-state index < -0.39 is 0 Å². The zero-order valence-corrected chi connectivity index (χ0v) is 9.87. The molecule has 1 aromatic carbocycles. The SMILES string of the molecule is Cc1cc(-c2cncnc2-c2ccccc2)on1. The number of rotatable bonds is 2. The molecule has 3 rings (SSSR count). The van der Waals surface area contributed by atoms with Crippen LogP contribution in [0.25, 0.3) is 22.6 Å². The maximum atomic E-state index is 5.28. The van der Waals surface area contributed by atoms with Crippen LogP contribution >= 0.6 is 0 Å². The highest BCUT2D eigenvalue weighted by Crippen LogP contribution is 2.29. The summed E-state index contributed by atoms with van der Waals surface area (Å²) < 4.78 is 5.28. The minimum absolute atomic E-state index is 0.687. The predicted octanol–water partition coefficient (Wildman–Crippen LogP) is 3.11. The molecule has 0 atom stereocenters. The van der Waals surface area contributed by atoms with Gasteiger partial charge in [0.25, 0.3) is 0 Å². The Balaban J connectivity index is 2.17. The third-order valence-electron chi connectivity index (χ3n) is 2.65. The van der Waals surface area contributed by atoms with Crippen molar-refractivity contribution in [3.05, 3.63) is 54.6 Å². The molecule has 0 saturated heterocycles. The molecule has 0 fully saturated rings. The summed E-state index contributed by atoms with van der Waals surface area (Å²) in [6, 6.07) is 11.8. The molecule has 0 unspecified atom stereocenters. The van der Waals surface area contributed by atoms with E-state index in [9.17, 15) is 0 Å². The first kappa shape index (κ1) is 10.7. The van der Waals surface area contributed by atoms with Crippen LogP contribution in [0.15, 0.2) is 53.4 Å². The van der Waals surface area contributed by atoms with Crippen LogP contribution in [0.4, 0.5) is 0 Å². The molecule has 0 radical (unpaired) electrons. The fraction of sp³-hybridized carbons (Fsp3) is 0.0714. The van der Waals surface area contributed by atoms with Crippen LogP contribution in [0.2, 0.25) is 0 Å². The Morgan fingerprint density at radius 3 is 2.67 bits per heavy atom. The highest BCUT2D eigenvalue weighted by atomic mass is 16.5. The Morgan fingerprint density at radius 1 is 1.11 bits per heavy atom. The number of aromatic nitrogens is 3. The van der Waals surface area contributed by atoms with Crippen LogP contribution in [-0.4, -0.2) is 15.1 Å². The second kappa shape index (κ2) is 4.41. The third-order valence-corrected chi connectivity index (χ3v) is 2.65. The Kier molecular flexibility index (Phi) is 2.61. The van der Waals surface area contributed by atoms with E-state index in [2.05, 4.69) is 15.1 Å². The average molecular weight is 237 g/mol. The van der Waals surface area contributed by atoms with Gasteiger partial charge in [0.2, 0.25) is 0 Å². The van der Waals surface area contributed by atoms with Crippen molar-refractivity contribution in [3.8, 4) is 22.6 Å². The lowest BCUT2D eigenvalue weighted by Crippen LogP contribution is -1.89. The Labute approximate surface area is 104 Å². The van der Waals surface area contributed by atoms with E-state index in [1.54, 1.807) is 6.20 Å². The Morgan fingerprint density at radius 2 is 1.94 bits per heavy atom. The second-order valence-corrected chi connectivity index (χ2v) is 3.98. The summed E-state index contributed by atoms with van der Waals surface area (Å²) in [5.74, 6) is 0.687. The fourth-order valence-corrected chi connectivity index (χ4v) is 1.83. The van der Waals surface area contributed by atoms with Gasteiger partial charge in [0.05, 0.1) is 17.0 Å². The third kappa shape index (κ3) is 1.88. The lowest BCUT2D eigenvalue weighted by molar-refractivity contribution is 0.427. The monoisotopic (exact) mass is 237 g/mol. The molecule has 4 nitrogen and oxygen atoms in total. The maximum Gasteiger partial charge on any atom is 0.170 e. The number of nitrogens with zero attached hydrogens (tertiary/aromatic N) is 3. The largest absolute Gasteiger partial charge is 0.356 e. The highest BCUT2D eigenvalue weighted by Gasteiger charge is 2.12. The van der Waals surface area contributed by atoms with E-state index in [0.717, 1.165) is 22.5 Å². The van der Waals surface area contributed by atoms with Crippen molar-refractivity contribution in [1.82, 2.24) is 15.1 Å². The van der Waals surface area contributed by atoms with Gasteiger partial charge in [-0.2, -0.15) is 0 Å². The summed E-state index contributed by atoms with van der Waals surface area (Å²) in [6.45, 7) is 1.89. The summed E-state index contributed by atoms with van der Waals surface area (Å²) in [5, 5.41) is 3.90. The zero-order valence-electron chi connectivity index (χ0n) is 9.87. The first-order chi connectivity index (χ1) is 8.84. The molecule has 0 amide bonds. The van der Waals surface area contributed by atoms with Gasteiger partial charge in [-0.25, -0.2) is 9.97 Å². The van der Waals surface area contributed by atoms with Crippen molar-refractivity contribution < 1.29 is 4.52 Å². The quantitative estimate of drug-likeness (QED) is 0.687. The fourth-order valence-electron chi connectivity index (χ4n) is 1.83. The molecule has 88 valence electrons. The molecule has 0 spiro atoms. The summed E-state index contributed by atoms with van der Waals surface area (Å²) in [6.07, 6.45) is 3.28. The maximum absolute atomic E-state index is 5.28. The number of hydrogen-bond donors (Lipinski definition) is 0. The van der Waals surface area contributed by atoms with Crippen LogP contribution in [-0.2, 0) is 0 Å². The molecule has 0 aliphatic heterocycles. The van der Waals surface area contributed by atoms with Gasteiger partial charge in [-0.05, 0) is 6.92 Å². The lowest BCUT2D eigenvalue weighted by Gasteiger charge is -2.04. The van der Waals surface area contributed by atoms with E-state index >= 15 is 0 Å². The molecular weight excluding hydrogens is 226 g/mol. The van der Waals surface area contributed by atoms with Crippen molar-refractivity contribution in [2.45, 2.75) is 6.92 Å². The number of aryl methyl sites for hydroxylation is 1. The van der Waals surface area contributed by atoms with Gasteiger partial charge in [0, 0.05) is 17.8 Å². The summed E-state index contributed by atoms with van der Waals surface area (Å²) in [5.41, 5.74) is 3.57. The van der Waals surface area contributed by atoms with Crippen LogP contribution < -0.4 is 0 Å². The van der Waals surface area contributed by atoms with E-state index in [1.807, 2.05) is 43.3 Å². The molecule has 18 heavy (non-hydrogen) atoms. The van der Waals surface area contributed by atoms with Crippen molar-refractivity contribution in [1.29, 1.82) is 0 Å². The van der Waals surface area contributed by atoms with E-state index in [4.69, 9.17) is 4.52 Å². The molecule has 0 N–H and O–H groups in total. The molecule has 0 saturated carbocycles. The minimum Gasteiger partial charge on any atom is -0.356 e. The van der Waals surface area contributed by atoms with E-state index in [0.29, 0.717) is 5.76 Å². The first-order valence-electron chi connectivity index (χ1n) is 5.64. The van der Waals surface area contributed by atoms with Gasteiger partial charge in [-0.3, -0.25) is 0 Å². The van der Waals surface area contributed by atoms with Crippen LogP contribution in [0, 0.1) is 6.92 Å². The summed E-state index contributed by atoms with van der Waals surface area (Å²) >= 11 is 0. The topological polar surface area (TPSA) is 51.8 Å². The Hall–Kier alpha value is -2.49.